The summed E-state index contributed by atoms with van der Waals surface area (Å²) in [6, 6.07) is 2.12. The summed E-state index contributed by atoms with van der Waals surface area (Å²) in [6.07, 6.45) is -6.65. The average Bonchev–Trinajstić information content (AvgIpc) is 2.91. The third-order valence-corrected chi connectivity index (χ3v) is 12.9. The van der Waals surface area contributed by atoms with E-state index in [4.69, 9.17) is 9.47 Å². The maximum Gasteiger partial charge on any atom is 0.461 e. The van der Waals surface area contributed by atoms with Gasteiger partial charge in [0.1, 0.15) is 5.75 Å². The molecule has 1 unspecified atom stereocenters. The number of ether oxygens (including phenoxy) is 2. The Hall–Kier alpha value is -3.05. The number of hydrogen-bond acceptors (Lipinski definition) is 11. The van der Waals surface area contributed by atoms with Crippen LogP contribution < -0.4 is 8.31 Å². The minimum atomic E-state index is -8.51. The van der Waals surface area contributed by atoms with E-state index in [-0.39, 0.29) is 10.5 Å². The van der Waals surface area contributed by atoms with Gasteiger partial charge in [0.05, 0.1) is 0 Å². The normalized spacial score (nSPS) is 15.5. The van der Waals surface area contributed by atoms with Crippen LogP contribution in [0, 0.1) is 0 Å². The maximum absolute atomic E-state index is 14.4. The number of rotatable bonds is 14. The van der Waals surface area contributed by atoms with Crippen LogP contribution in [0.15, 0.2) is 41.3 Å². The quantitative estimate of drug-likeness (QED) is 0.0849. The van der Waals surface area contributed by atoms with Crippen molar-refractivity contribution >= 4 is 51.5 Å². The molecule has 29 heteroatoms. The summed E-state index contributed by atoms with van der Waals surface area (Å²) in [4.78, 5) is 24.0. The van der Waals surface area contributed by atoms with Crippen molar-refractivity contribution in [2.45, 2.75) is 58.8 Å². The lowest BCUT2D eigenvalue weighted by Gasteiger charge is -2.32. The highest BCUT2D eigenvalue weighted by molar-refractivity contribution is 8.44. The van der Waals surface area contributed by atoms with E-state index >= 15 is 0 Å². The Morgan fingerprint density at radius 3 is 1.48 bits per heavy atom. The van der Waals surface area contributed by atoms with Gasteiger partial charge in [-0.1, -0.05) is 10.7 Å². The van der Waals surface area contributed by atoms with Crippen molar-refractivity contribution in [2.24, 2.45) is 0 Å². The first-order valence-electron chi connectivity index (χ1n) is 11.9. The molecule has 290 valence electrons. The highest BCUT2D eigenvalue weighted by Crippen LogP contribution is 2.54. The molecule has 0 spiro atoms. The second-order valence-electron chi connectivity index (χ2n) is 9.74. The van der Waals surface area contributed by atoms with Gasteiger partial charge in [-0.05, 0) is 48.6 Å². The minimum absolute atomic E-state index is 0.0831. The second-order valence-corrected chi connectivity index (χ2v) is 18.5. The molecule has 0 saturated carbocycles. The molecule has 0 saturated heterocycles. The zero-order valence-corrected chi connectivity index (χ0v) is 27.9. The van der Waals surface area contributed by atoms with Crippen LogP contribution in [0.3, 0.4) is 0 Å². The number of carbonyl (C=O) groups is 2. The van der Waals surface area contributed by atoms with E-state index < -0.39 is 101 Å². The molecule has 0 aliphatic rings. The summed E-state index contributed by atoms with van der Waals surface area (Å²) in [7, 11) is -27.3. The van der Waals surface area contributed by atoms with Crippen molar-refractivity contribution in [1.29, 1.82) is 0 Å². The van der Waals surface area contributed by atoms with E-state index in [1.807, 2.05) is 0 Å². The summed E-state index contributed by atoms with van der Waals surface area (Å²) in [5, 5.41) is -24.3. The average molecular weight is 838 g/mol. The highest BCUT2D eigenvalue weighted by atomic mass is 32.3. The van der Waals surface area contributed by atoms with Crippen LogP contribution in [-0.4, -0.2) is 89.1 Å². The van der Waals surface area contributed by atoms with Crippen LogP contribution in [0.5, 0.6) is 5.75 Å². The SMILES string of the molecule is C=C(C)C(=O)OC(C)OC(=O)S(C)(C)c1ccc(OS(=O)(=O)C(F)(F)C(F)(F)C(F)(F)S(=O)(=O)NS(=O)(=O)C(F)(F)C(F)(F)C(F)(F)F)cc1. The van der Waals surface area contributed by atoms with Crippen LogP contribution in [0.25, 0.3) is 0 Å². The molecular formula is C21H20F13NO11S4. The number of alkyl halides is 13. The predicted molar refractivity (Wildman–Crippen MR) is 142 cm³/mol. The zero-order valence-electron chi connectivity index (χ0n) is 24.6. The topological polar surface area (TPSA) is 176 Å². The monoisotopic (exact) mass is 837 g/mol. The van der Waals surface area contributed by atoms with E-state index in [0.29, 0.717) is 24.3 Å². The van der Waals surface area contributed by atoms with Crippen molar-refractivity contribution in [3.05, 3.63) is 36.4 Å². The van der Waals surface area contributed by atoms with Gasteiger partial charge in [0.15, 0.2) is 0 Å². The third-order valence-electron chi connectivity index (χ3n) is 5.58. The highest BCUT2D eigenvalue weighted by Gasteiger charge is 2.85. The Labute approximate surface area is 274 Å². The summed E-state index contributed by atoms with van der Waals surface area (Å²) >= 11 is 0. The van der Waals surface area contributed by atoms with Crippen molar-refractivity contribution in [3.8, 4) is 5.75 Å². The standard InChI is InChI=1S/C21H20F13NO11S4/c1-10(2)14(36)44-11(3)45-15(37)47(4,5)13-8-6-12(7-9-13)46-50(42,43)21(33,34)17(24,25)20(31,32)49(40,41)35-48(38,39)19(29,30)16(22,23)18(26,27)28/h6-9,11,35H,1H2,2-5H3. The fourth-order valence-corrected chi connectivity index (χ4v) is 7.99. The minimum Gasteiger partial charge on any atom is -0.422 e. The predicted octanol–water partition coefficient (Wildman–Crippen LogP) is 5.28. The van der Waals surface area contributed by atoms with Crippen LogP contribution in [0.4, 0.5) is 61.9 Å². The summed E-state index contributed by atoms with van der Waals surface area (Å²) in [6.45, 7) is 5.65. The molecule has 12 nitrogen and oxygen atoms in total. The Bertz CT molecular complexity index is 1830. The van der Waals surface area contributed by atoms with Gasteiger partial charge >= 0.3 is 55.2 Å². The van der Waals surface area contributed by atoms with Crippen LogP contribution >= 0.6 is 10.0 Å². The van der Waals surface area contributed by atoms with Crippen LogP contribution in [0.1, 0.15) is 13.8 Å². The van der Waals surface area contributed by atoms with E-state index in [0.717, 1.165) is 6.92 Å². The molecule has 0 heterocycles. The van der Waals surface area contributed by atoms with Crippen LogP contribution in [0.2, 0.25) is 0 Å². The first-order chi connectivity index (χ1) is 21.8. The smallest absolute Gasteiger partial charge is 0.422 e. The lowest BCUT2D eigenvalue weighted by molar-refractivity contribution is -0.332. The largest absolute Gasteiger partial charge is 0.461 e. The summed E-state index contributed by atoms with van der Waals surface area (Å²) < 4.78 is 258. The number of halogens is 13. The fourth-order valence-electron chi connectivity index (χ4n) is 2.72. The Kier molecular flexibility index (Phi) is 12.1. The number of carbonyl (C=O) groups excluding carboxylic acids is 2. The van der Waals surface area contributed by atoms with Gasteiger partial charge in [0.25, 0.3) is 20.0 Å². The van der Waals surface area contributed by atoms with Gasteiger partial charge in [-0.15, -0.1) is 10.0 Å². The molecule has 0 aromatic heterocycles. The second kappa shape index (κ2) is 13.5. The number of esters is 1. The maximum atomic E-state index is 14.4. The van der Waals surface area contributed by atoms with Gasteiger partial charge in [-0.3, -0.25) is 0 Å². The third kappa shape index (κ3) is 7.88. The molecule has 0 radical (unpaired) electrons. The van der Waals surface area contributed by atoms with E-state index in [9.17, 15) is 91.9 Å². The van der Waals surface area contributed by atoms with Crippen molar-refractivity contribution < 1.29 is 106 Å². The summed E-state index contributed by atoms with van der Waals surface area (Å²) in [5.41, 5.74) is -0.0831. The van der Waals surface area contributed by atoms with Crippen molar-refractivity contribution in [1.82, 2.24) is 4.13 Å². The first kappa shape index (κ1) is 45.0. The summed E-state index contributed by atoms with van der Waals surface area (Å²) in [5.74, 6) is -18.2. The van der Waals surface area contributed by atoms with Crippen molar-refractivity contribution in [2.75, 3.05) is 12.5 Å². The molecule has 1 rings (SSSR count). The Morgan fingerprint density at radius 1 is 0.700 bits per heavy atom. The van der Waals surface area contributed by atoms with E-state index in [2.05, 4.69) is 10.8 Å². The van der Waals surface area contributed by atoms with Crippen LogP contribution in [-0.2, 0) is 44.4 Å². The Morgan fingerprint density at radius 2 is 1.10 bits per heavy atom. The van der Waals surface area contributed by atoms with Gasteiger partial charge in [0, 0.05) is 12.5 Å². The molecule has 0 aliphatic heterocycles. The zero-order chi connectivity index (χ0) is 40.1. The molecule has 1 aromatic carbocycles. The number of nitrogens with one attached hydrogen (secondary N) is 1. The number of sulfonamides is 2. The first-order valence-corrected chi connectivity index (χ1v) is 18.7. The molecular weight excluding hydrogens is 817 g/mol. The van der Waals surface area contributed by atoms with Gasteiger partial charge in [-0.25, -0.2) is 26.4 Å². The molecule has 1 atom stereocenters. The van der Waals surface area contributed by atoms with E-state index in [1.54, 1.807) is 0 Å². The molecule has 50 heavy (non-hydrogen) atoms. The molecule has 0 aliphatic carbocycles. The molecule has 0 amide bonds. The molecule has 1 N–H and O–H groups in total. The van der Waals surface area contributed by atoms with Gasteiger partial charge < -0.3 is 13.7 Å². The van der Waals surface area contributed by atoms with Crippen molar-refractivity contribution in [3.63, 3.8) is 0 Å². The molecule has 0 fully saturated rings. The lowest BCUT2D eigenvalue weighted by atomic mass is 10.3. The number of benzene rings is 1. The lowest BCUT2D eigenvalue weighted by Crippen LogP contribution is -2.66. The van der Waals surface area contributed by atoms with E-state index in [1.165, 1.54) is 19.4 Å². The van der Waals surface area contributed by atoms with Gasteiger partial charge in [0.2, 0.25) is 6.29 Å². The molecule has 1 aromatic rings. The fraction of sp³-hybridized carbons (Fsp3) is 0.524. The molecule has 0 bridgehead atoms. The number of hydrogen-bond donors (Lipinski definition) is 1. The van der Waals surface area contributed by atoms with Gasteiger partial charge in [-0.2, -0.15) is 65.5 Å². The Balaban J connectivity index is 3.41.